The average molecular weight is 383 g/mol. The lowest BCUT2D eigenvalue weighted by Crippen LogP contribution is -2.40. The number of halogens is 1. The number of hydrogen-bond donors (Lipinski definition) is 2. The molecule has 6 heteroatoms. The number of esters is 1. The normalized spacial score (nSPS) is 16.3. The van der Waals surface area contributed by atoms with Crippen LogP contribution in [0.2, 0.25) is 0 Å². The van der Waals surface area contributed by atoms with Gasteiger partial charge in [0, 0.05) is 5.92 Å². The summed E-state index contributed by atoms with van der Waals surface area (Å²) in [6.45, 7) is 8.20. The van der Waals surface area contributed by atoms with Crippen molar-refractivity contribution in [1.29, 1.82) is 0 Å². The highest BCUT2D eigenvalue weighted by atomic mass is 35.5. The molecule has 2 rings (SSSR count). The zero-order valence-corrected chi connectivity index (χ0v) is 16.9. The summed E-state index contributed by atoms with van der Waals surface area (Å²) in [6, 6.07) is 7.77. The van der Waals surface area contributed by atoms with Gasteiger partial charge in [0.15, 0.2) is 0 Å². The summed E-state index contributed by atoms with van der Waals surface area (Å²) in [5.41, 5.74) is 2.22. The molecular formula is C20H31ClN2O3. The van der Waals surface area contributed by atoms with Gasteiger partial charge in [-0.05, 0) is 42.5 Å². The van der Waals surface area contributed by atoms with Crippen molar-refractivity contribution in [1.82, 2.24) is 10.6 Å². The van der Waals surface area contributed by atoms with Crippen LogP contribution in [-0.2, 0) is 19.7 Å². The van der Waals surface area contributed by atoms with E-state index in [1.165, 1.54) is 12.7 Å². The van der Waals surface area contributed by atoms with Crippen LogP contribution in [0.1, 0.15) is 57.2 Å². The molecule has 1 saturated heterocycles. The third-order valence-corrected chi connectivity index (χ3v) is 4.80. The molecule has 5 nitrogen and oxygen atoms in total. The molecule has 1 aromatic carbocycles. The van der Waals surface area contributed by atoms with Crippen molar-refractivity contribution in [2.75, 3.05) is 20.2 Å². The van der Waals surface area contributed by atoms with Gasteiger partial charge in [0.2, 0.25) is 5.91 Å². The first-order valence-electron chi connectivity index (χ1n) is 8.99. The van der Waals surface area contributed by atoms with Crippen LogP contribution in [0.5, 0.6) is 0 Å². The minimum atomic E-state index is -0.358. The summed E-state index contributed by atoms with van der Waals surface area (Å²) < 4.78 is 4.81. The number of ether oxygens (including phenoxy) is 1. The molecule has 0 spiro atoms. The Bertz CT molecular complexity index is 590. The third-order valence-electron chi connectivity index (χ3n) is 4.80. The van der Waals surface area contributed by atoms with Crippen molar-refractivity contribution in [2.45, 2.75) is 51.5 Å². The molecule has 0 aromatic heterocycles. The van der Waals surface area contributed by atoms with Crippen molar-refractivity contribution in [3.05, 3.63) is 35.4 Å². The summed E-state index contributed by atoms with van der Waals surface area (Å²) in [6.07, 6.45) is 1.81. The lowest BCUT2D eigenvalue weighted by molar-refractivity contribution is -0.141. The molecule has 0 bridgehead atoms. The van der Waals surface area contributed by atoms with Crippen LogP contribution >= 0.6 is 12.4 Å². The predicted octanol–water partition coefficient (Wildman–Crippen LogP) is 3.13. The van der Waals surface area contributed by atoms with Gasteiger partial charge in [-0.15, -0.1) is 12.4 Å². The first kappa shape index (κ1) is 22.5. The van der Waals surface area contributed by atoms with E-state index in [0.717, 1.165) is 31.5 Å². The van der Waals surface area contributed by atoms with E-state index in [1.54, 1.807) is 0 Å². The fraction of sp³-hybridized carbons (Fsp3) is 0.600. The molecule has 1 aliphatic rings. The van der Waals surface area contributed by atoms with Gasteiger partial charge >= 0.3 is 5.97 Å². The Labute approximate surface area is 162 Å². The molecule has 1 unspecified atom stereocenters. The number of methoxy groups -OCH3 is 1. The van der Waals surface area contributed by atoms with E-state index >= 15 is 0 Å². The van der Waals surface area contributed by atoms with Crippen LogP contribution in [0.25, 0.3) is 0 Å². The number of piperidine rings is 1. The molecule has 0 radical (unpaired) electrons. The predicted molar refractivity (Wildman–Crippen MR) is 106 cm³/mol. The largest absolute Gasteiger partial charge is 0.469 e. The van der Waals surface area contributed by atoms with Crippen LogP contribution in [-0.4, -0.2) is 32.1 Å². The van der Waals surface area contributed by atoms with Crippen molar-refractivity contribution in [3.63, 3.8) is 0 Å². The van der Waals surface area contributed by atoms with Crippen LogP contribution in [0, 0.1) is 5.92 Å². The monoisotopic (exact) mass is 382 g/mol. The maximum Gasteiger partial charge on any atom is 0.307 e. The van der Waals surface area contributed by atoms with E-state index in [9.17, 15) is 9.59 Å². The quantitative estimate of drug-likeness (QED) is 0.768. The zero-order valence-electron chi connectivity index (χ0n) is 16.1. The lowest BCUT2D eigenvalue weighted by Gasteiger charge is -2.26. The summed E-state index contributed by atoms with van der Waals surface area (Å²) in [7, 11) is 1.37. The number of nitrogens with one attached hydrogen (secondary N) is 2. The van der Waals surface area contributed by atoms with Crippen LogP contribution in [0.4, 0.5) is 0 Å². The summed E-state index contributed by atoms with van der Waals surface area (Å²) in [5, 5.41) is 6.32. The number of benzene rings is 1. The van der Waals surface area contributed by atoms with Gasteiger partial charge in [0.25, 0.3) is 0 Å². The van der Waals surface area contributed by atoms with E-state index < -0.39 is 0 Å². The minimum Gasteiger partial charge on any atom is -0.469 e. The van der Waals surface area contributed by atoms with E-state index in [2.05, 4.69) is 43.5 Å². The van der Waals surface area contributed by atoms with Gasteiger partial charge in [-0.25, -0.2) is 0 Å². The average Bonchev–Trinajstić information content (AvgIpc) is 2.61. The van der Waals surface area contributed by atoms with Gasteiger partial charge in [-0.2, -0.15) is 0 Å². The standard InChI is InChI=1S/C20H30N2O3.ClH/c1-20(2,3)16-7-5-14(6-8-16)17(13-18(23)25-4)22-19(24)15-9-11-21-12-10-15;/h5-8,15,17,21H,9-13H2,1-4H3,(H,22,24);1H. The van der Waals surface area contributed by atoms with Gasteiger partial charge in [0.05, 0.1) is 19.6 Å². The Morgan fingerprint density at radius 3 is 2.27 bits per heavy atom. The fourth-order valence-corrected chi connectivity index (χ4v) is 3.09. The molecule has 0 saturated carbocycles. The third kappa shape index (κ3) is 6.29. The molecule has 1 atom stereocenters. The van der Waals surface area contributed by atoms with Crippen LogP contribution < -0.4 is 10.6 Å². The van der Waals surface area contributed by atoms with Gasteiger partial charge in [0.1, 0.15) is 0 Å². The highest BCUT2D eigenvalue weighted by Crippen LogP contribution is 2.26. The summed E-state index contributed by atoms with van der Waals surface area (Å²) in [4.78, 5) is 24.4. The topological polar surface area (TPSA) is 67.4 Å². The maximum atomic E-state index is 12.6. The first-order valence-corrected chi connectivity index (χ1v) is 8.99. The van der Waals surface area contributed by atoms with Crippen molar-refractivity contribution < 1.29 is 14.3 Å². The van der Waals surface area contributed by atoms with Gasteiger partial charge in [-0.1, -0.05) is 45.0 Å². The molecular weight excluding hydrogens is 352 g/mol. The molecule has 1 aliphatic heterocycles. The van der Waals surface area contributed by atoms with Crippen molar-refractivity contribution in [2.24, 2.45) is 5.92 Å². The van der Waals surface area contributed by atoms with Crippen LogP contribution in [0.15, 0.2) is 24.3 Å². The molecule has 2 N–H and O–H groups in total. The zero-order chi connectivity index (χ0) is 18.4. The lowest BCUT2D eigenvalue weighted by atomic mass is 9.86. The Balaban J connectivity index is 0.00000338. The molecule has 1 fully saturated rings. The minimum absolute atomic E-state index is 0. The first-order chi connectivity index (χ1) is 11.8. The number of carbonyl (C=O) groups is 2. The van der Waals surface area contributed by atoms with Crippen molar-refractivity contribution >= 4 is 24.3 Å². The van der Waals surface area contributed by atoms with Crippen LogP contribution in [0.3, 0.4) is 0 Å². The van der Waals surface area contributed by atoms with Crippen molar-refractivity contribution in [3.8, 4) is 0 Å². The second kappa shape index (κ2) is 9.93. The highest BCUT2D eigenvalue weighted by Gasteiger charge is 2.26. The van der Waals surface area contributed by atoms with Gasteiger partial charge in [-0.3, -0.25) is 9.59 Å². The Hall–Kier alpha value is -1.59. The summed E-state index contributed by atoms with van der Waals surface area (Å²) >= 11 is 0. The molecule has 1 heterocycles. The van der Waals surface area contributed by atoms with E-state index in [0.29, 0.717) is 0 Å². The Kier molecular flexibility index (Phi) is 8.57. The number of amides is 1. The number of carbonyl (C=O) groups excluding carboxylic acids is 2. The summed E-state index contributed by atoms with van der Waals surface area (Å²) in [5.74, 6) is -0.291. The van der Waals surface area contributed by atoms with E-state index in [-0.39, 0.29) is 48.1 Å². The Morgan fingerprint density at radius 1 is 1.19 bits per heavy atom. The van der Waals surface area contributed by atoms with E-state index in [1.807, 2.05) is 12.1 Å². The molecule has 1 amide bonds. The van der Waals surface area contributed by atoms with E-state index in [4.69, 9.17) is 4.74 Å². The number of hydrogen-bond acceptors (Lipinski definition) is 4. The molecule has 146 valence electrons. The second-order valence-corrected chi connectivity index (χ2v) is 7.74. The second-order valence-electron chi connectivity index (χ2n) is 7.74. The molecule has 26 heavy (non-hydrogen) atoms. The smallest absolute Gasteiger partial charge is 0.307 e. The molecule has 1 aromatic rings. The number of rotatable bonds is 5. The fourth-order valence-electron chi connectivity index (χ4n) is 3.09. The van der Waals surface area contributed by atoms with Gasteiger partial charge < -0.3 is 15.4 Å². The maximum absolute atomic E-state index is 12.6. The Morgan fingerprint density at radius 2 is 1.77 bits per heavy atom. The molecule has 0 aliphatic carbocycles. The highest BCUT2D eigenvalue weighted by molar-refractivity contribution is 5.85. The SMILES string of the molecule is COC(=O)CC(NC(=O)C1CCNCC1)c1ccc(C(C)(C)C)cc1.Cl.